The molecule has 0 aromatic rings. The first-order valence-corrected chi connectivity index (χ1v) is 5.78. The number of hydrogen-bond donors (Lipinski definition) is 3. The Kier molecular flexibility index (Phi) is 4.38. The van der Waals surface area contributed by atoms with E-state index in [-0.39, 0.29) is 18.1 Å². The molecule has 2 heterocycles. The summed E-state index contributed by atoms with van der Waals surface area (Å²) in [5.74, 6) is 0. The summed E-state index contributed by atoms with van der Waals surface area (Å²) in [6.07, 6.45) is 0.901. The van der Waals surface area contributed by atoms with Crippen molar-refractivity contribution in [2.24, 2.45) is 0 Å². The number of carbonyl (C=O) groups is 1. The predicted octanol–water partition coefficient (Wildman–Crippen LogP) is -0.937. The molecule has 92 valence electrons. The summed E-state index contributed by atoms with van der Waals surface area (Å²) in [6.45, 7) is 4.22. The standard InChI is InChI=1S/C10H19N3O3/c14-10(13-8-1-3-15-6-8)12-5-9-7-16-4-2-11-9/h8-9,11H,1-7H2,(H2,12,13,14). The maximum atomic E-state index is 11.5. The minimum Gasteiger partial charge on any atom is -0.379 e. The summed E-state index contributed by atoms with van der Waals surface area (Å²) >= 11 is 0. The summed E-state index contributed by atoms with van der Waals surface area (Å²) in [4.78, 5) is 11.5. The van der Waals surface area contributed by atoms with Gasteiger partial charge in [0.2, 0.25) is 0 Å². The Morgan fingerprint density at radius 3 is 2.88 bits per heavy atom. The van der Waals surface area contributed by atoms with Crippen molar-refractivity contribution in [3.8, 4) is 0 Å². The smallest absolute Gasteiger partial charge is 0.315 e. The number of rotatable bonds is 3. The Hall–Kier alpha value is -0.850. The fourth-order valence-electron chi connectivity index (χ4n) is 1.85. The van der Waals surface area contributed by atoms with Crippen molar-refractivity contribution in [3.63, 3.8) is 0 Å². The second-order valence-corrected chi connectivity index (χ2v) is 4.14. The normalized spacial score (nSPS) is 30.0. The van der Waals surface area contributed by atoms with Gasteiger partial charge in [0.05, 0.1) is 25.9 Å². The first kappa shape index (κ1) is 11.6. The second-order valence-electron chi connectivity index (χ2n) is 4.14. The molecule has 0 aliphatic carbocycles. The molecular formula is C10H19N3O3. The predicted molar refractivity (Wildman–Crippen MR) is 58.4 cm³/mol. The van der Waals surface area contributed by atoms with Crippen molar-refractivity contribution in [3.05, 3.63) is 0 Å². The van der Waals surface area contributed by atoms with Crippen LogP contribution in [-0.2, 0) is 9.47 Å². The molecular weight excluding hydrogens is 210 g/mol. The molecule has 2 amide bonds. The summed E-state index contributed by atoms with van der Waals surface area (Å²) in [6, 6.07) is 0.262. The maximum Gasteiger partial charge on any atom is 0.315 e. The highest BCUT2D eigenvalue weighted by Crippen LogP contribution is 2.02. The van der Waals surface area contributed by atoms with Crippen LogP contribution in [0.4, 0.5) is 4.79 Å². The van der Waals surface area contributed by atoms with Gasteiger partial charge in [-0.15, -0.1) is 0 Å². The molecule has 16 heavy (non-hydrogen) atoms. The quantitative estimate of drug-likeness (QED) is 0.584. The lowest BCUT2D eigenvalue weighted by molar-refractivity contribution is 0.0774. The van der Waals surface area contributed by atoms with Gasteiger partial charge in [-0.3, -0.25) is 0 Å². The number of morpholine rings is 1. The maximum absolute atomic E-state index is 11.5. The number of amides is 2. The molecule has 3 N–H and O–H groups in total. The molecule has 2 fully saturated rings. The van der Waals surface area contributed by atoms with Crippen molar-refractivity contribution >= 4 is 6.03 Å². The van der Waals surface area contributed by atoms with Crippen molar-refractivity contribution < 1.29 is 14.3 Å². The van der Waals surface area contributed by atoms with Gasteiger partial charge >= 0.3 is 6.03 Å². The lowest BCUT2D eigenvalue weighted by Crippen LogP contribution is -2.51. The van der Waals surface area contributed by atoms with Gasteiger partial charge in [-0.2, -0.15) is 0 Å². The van der Waals surface area contributed by atoms with E-state index in [2.05, 4.69) is 16.0 Å². The van der Waals surface area contributed by atoms with E-state index in [1.165, 1.54) is 0 Å². The van der Waals surface area contributed by atoms with E-state index in [9.17, 15) is 4.79 Å². The SMILES string of the molecule is O=C(NCC1COCCN1)NC1CCOC1. The van der Waals surface area contributed by atoms with E-state index in [1.807, 2.05) is 0 Å². The average molecular weight is 229 g/mol. The molecule has 6 heteroatoms. The van der Waals surface area contributed by atoms with Crippen LogP contribution in [0.5, 0.6) is 0 Å². The van der Waals surface area contributed by atoms with E-state index in [1.54, 1.807) is 0 Å². The monoisotopic (exact) mass is 229 g/mol. The van der Waals surface area contributed by atoms with Crippen LogP contribution in [0.25, 0.3) is 0 Å². The van der Waals surface area contributed by atoms with Crippen LogP contribution in [-0.4, -0.2) is 57.6 Å². The molecule has 0 saturated carbocycles. The van der Waals surface area contributed by atoms with Crippen LogP contribution in [0.15, 0.2) is 0 Å². The largest absolute Gasteiger partial charge is 0.379 e. The van der Waals surface area contributed by atoms with E-state index in [4.69, 9.17) is 9.47 Å². The topological polar surface area (TPSA) is 71.6 Å². The molecule has 0 aromatic carbocycles. The zero-order valence-corrected chi connectivity index (χ0v) is 9.33. The molecule has 0 aromatic heterocycles. The highest BCUT2D eigenvalue weighted by atomic mass is 16.5. The van der Waals surface area contributed by atoms with E-state index in [0.29, 0.717) is 19.8 Å². The second kappa shape index (κ2) is 6.03. The zero-order chi connectivity index (χ0) is 11.2. The Morgan fingerprint density at radius 1 is 1.31 bits per heavy atom. The van der Waals surface area contributed by atoms with Gasteiger partial charge in [-0.1, -0.05) is 0 Å². The van der Waals surface area contributed by atoms with Gasteiger partial charge in [0.1, 0.15) is 0 Å². The molecule has 0 bridgehead atoms. The number of carbonyl (C=O) groups excluding carboxylic acids is 1. The summed E-state index contributed by atoms with van der Waals surface area (Å²) in [5.41, 5.74) is 0. The van der Waals surface area contributed by atoms with Crippen LogP contribution < -0.4 is 16.0 Å². The number of ether oxygens (including phenoxy) is 2. The van der Waals surface area contributed by atoms with E-state index >= 15 is 0 Å². The van der Waals surface area contributed by atoms with E-state index in [0.717, 1.165) is 26.2 Å². The minimum atomic E-state index is -0.122. The Morgan fingerprint density at radius 2 is 2.19 bits per heavy atom. The fourth-order valence-corrected chi connectivity index (χ4v) is 1.85. The van der Waals surface area contributed by atoms with Gasteiger partial charge in [0.25, 0.3) is 0 Å². The van der Waals surface area contributed by atoms with Gasteiger partial charge in [0, 0.05) is 25.7 Å². The summed E-state index contributed by atoms with van der Waals surface area (Å²) in [5, 5.41) is 8.98. The Bertz CT molecular complexity index is 225. The van der Waals surface area contributed by atoms with Gasteiger partial charge in [-0.05, 0) is 6.42 Å². The van der Waals surface area contributed by atoms with Crippen molar-refractivity contribution in [1.82, 2.24) is 16.0 Å². The number of nitrogens with one attached hydrogen (secondary N) is 3. The van der Waals surface area contributed by atoms with E-state index < -0.39 is 0 Å². The average Bonchev–Trinajstić information content (AvgIpc) is 2.81. The summed E-state index contributed by atoms with van der Waals surface area (Å²) in [7, 11) is 0. The molecule has 2 atom stereocenters. The van der Waals surface area contributed by atoms with Crippen LogP contribution in [0, 0.1) is 0 Å². The highest BCUT2D eigenvalue weighted by Gasteiger charge is 2.18. The van der Waals surface area contributed by atoms with Crippen LogP contribution in [0.1, 0.15) is 6.42 Å². The first-order chi connectivity index (χ1) is 7.84. The molecule has 0 spiro atoms. The third kappa shape index (κ3) is 3.62. The lowest BCUT2D eigenvalue weighted by Gasteiger charge is -2.24. The van der Waals surface area contributed by atoms with Crippen LogP contribution >= 0.6 is 0 Å². The summed E-state index contributed by atoms with van der Waals surface area (Å²) < 4.78 is 10.5. The highest BCUT2D eigenvalue weighted by molar-refractivity contribution is 5.74. The molecule has 0 radical (unpaired) electrons. The molecule has 6 nitrogen and oxygen atoms in total. The van der Waals surface area contributed by atoms with Crippen LogP contribution in [0.3, 0.4) is 0 Å². The first-order valence-electron chi connectivity index (χ1n) is 5.78. The molecule has 2 rings (SSSR count). The zero-order valence-electron chi connectivity index (χ0n) is 9.33. The Labute approximate surface area is 95.1 Å². The van der Waals surface area contributed by atoms with Gasteiger partial charge in [-0.25, -0.2) is 4.79 Å². The molecule has 2 saturated heterocycles. The van der Waals surface area contributed by atoms with Crippen molar-refractivity contribution in [1.29, 1.82) is 0 Å². The molecule has 2 aliphatic rings. The third-order valence-electron chi connectivity index (χ3n) is 2.77. The molecule has 2 aliphatic heterocycles. The Balaban J connectivity index is 1.59. The van der Waals surface area contributed by atoms with Crippen molar-refractivity contribution in [2.75, 3.05) is 39.5 Å². The lowest BCUT2D eigenvalue weighted by atomic mass is 10.2. The minimum absolute atomic E-state index is 0.122. The molecule has 2 unspecified atom stereocenters. The number of hydrogen-bond acceptors (Lipinski definition) is 4. The fraction of sp³-hybridized carbons (Fsp3) is 0.900. The van der Waals surface area contributed by atoms with Crippen LogP contribution in [0.2, 0.25) is 0 Å². The van der Waals surface area contributed by atoms with Gasteiger partial charge < -0.3 is 25.4 Å². The number of urea groups is 1. The van der Waals surface area contributed by atoms with Gasteiger partial charge in [0.15, 0.2) is 0 Å². The van der Waals surface area contributed by atoms with Crippen molar-refractivity contribution in [2.45, 2.75) is 18.5 Å². The third-order valence-corrected chi connectivity index (χ3v) is 2.77.